The number of imidazole rings is 1. The molecule has 2 aliphatic carbocycles. The minimum Gasteiger partial charge on any atom is -0.400 e. The van der Waals surface area contributed by atoms with Gasteiger partial charge in [0.05, 0.1) is 30.2 Å². The molecule has 13 heteroatoms. The van der Waals surface area contributed by atoms with Crippen molar-refractivity contribution in [2.75, 3.05) is 34.5 Å². The topological polar surface area (TPSA) is 195 Å². The second-order valence-corrected chi connectivity index (χ2v) is 15.0. The van der Waals surface area contributed by atoms with Crippen LogP contribution in [0.2, 0.25) is 0 Å². The predicted molar refractivity (Wildman–Crippen MR) is 218 cm³/mol. The first-order valence-corrected chi connectivity index (χ1v) is 19.3. The van der Waals surface area contributed by atoms with Gasteiger partial charge in [0.15, 0.2) is 0 Å². The lowest BCUT2D eigenvalue weighted by Gasteiger charge is -2.35. The number of aromatic amines is 1. The lowest BCUT2D eigenvalue weighted by atomic mass is 9.97. The third kappa shape index (κ3) is 10.3. The Morgan fingerprint density at radius 3 is 2.16 bits per heavy atom. The van der Waals surface area contributed by atoms with E-state index in [4.69, 9.17) is 31.5 Å². The standard InChI is InChI=1S/C35H44N8O2.C5H10O.2CH4O/c1-38-17-30(39-19-32-25-11-14-28(15-25)43(32)37)23-7-3-21(4-8-23)22-5-9-24(10-6-22)31-18-40-34(41-31)33-26-12-13-27(16-26)42(33)35(44)29(36)20-45-2;1-5(2)3-4-6;2*1-2/h3-10,17-18,25-29,32-33,39H,1,11-16,19-20,36-37H2,2H3,(H,40,41);4-5H,3H2,1-2H3;2*2H,1H3/b30-17-;;;. The van der Waals surface area contributed by atoms with Gasteiger partial charge >= 0.3 is 0 Å². The fourth-order valence-corrected chi connectivity index (χ4v) is 8.54. The first-order valence-electron chi connectivity index (χ1n) is 19.3. The molecule has 0 radical (unpaired) electrons. The van der Waals surface area contributed by atoms with Crippen molar-refractivity contribution < 1.29 is 24.5 Å². The van der Waals surface area contributed by atoms with E-state index in [9.17, 15) is 9.59 Å². The van der Waals surface area contributed by atoms with Crippen molar-refractivity contribution in [3.05, 3.63) is 72.3 Å². The maximum atomic E-state index is 13.2. The van der Waals surface area contributed by atoms with Gasteiger partial charge in [0.2, 0.25) is 5.91 Å². The average Bonchev–Trinajstić information content (AvgIpc) is 4.07. The molecule has 4 fully saturated rings. The minimum absolute atomic E-state index is 0.0515. The van der Waals surface area contributed by atoms with E-state index >= 15 is 0 Å². The number of fused-ring (bicyclic) bond motifs is 4. The number of H-pyrrole nitrogens is 1. The Bertz CT molecular complexity index is 1680. The van der Waals surface area contributed by atoms with Crippen LogP contribution in [0.1, 0.15) is 76.2 Å². The van der Waals surface area contributed by atoms with Crippen molar-refractivity contribution in [1.29, 1.82) is 0 Å². The summed E-state index contributed by atoms with van der Waals surface area (Å²) in [4.78, 5) is 37.2. The van der Waals surface area contributed by atoms with E-state index in [0.717, 1.165) is 85.8 Å². The number of amides is 1. The molecule has 300 valence electrons. The first kappa shape index (κ1) is 43.5. The van der Waals surface area contributed by atoms with Crippen LogP contribution >= 0.6 is 0 Å². The summed E-state index contributed by atoms with van der Waals surface area (Å²) in [6.45, 7) is 8.74. The van der Waals surface area contributed by atoms with Gasteiger partial charge in [-0.15, -0.1) is 0 Å². The summed E-state index contributed by atoms with van der Waals surface area (Å²) in [5.41, 5.74) is 12.4. The smallest absolute Gasteiger partial charge is 0.242 e. The van der Waals surface area contributed by atoms with Gasteiger partial charge in [0.1, 0.15) is 18.2 Å². The molecule has 1 amide bonds. The van der Waals surface area contributed by atoms with Crippen LogP contribution in [0.5, 0.6) is 0 Å². The number of methoxy groups -OCH3 is 1. The third-order valence-corrected chi connectivity index (χ3v) is 11.2. The zero-order chi connectivity index (χ0) is 40.1. The maximum absolute atomic E-state index is 13.2. The number of carbonyl (C=O) groups excluding carboxylic acids is 2. The lowest BCUT2D eigenvalue weighted by Crippen LogP contribution is -2.50. The second-order valence-electron chi connectivity index (χ2n) is 15.0. The normalized spacial score (nSPS) is 24.3. The Labute approximate surface area is 326 Å². The number of hydrogen-bond donors (Lipinski definition) is 6. The Morgan fingerprint density at radius 2 is 1.60 bits per heavy atom. The molecule has 4 bridgehead atoms. The summed E-state index contributed by atoms with van der Waals surface area (Å²) in [5.74, 6) is 8.77. The highest BCUT2D eigenvalue weighted by atomic mass is 16.5. The summed E-state index contributed by atoms with van der Waals surface area (Å²) in [6, 6.07) is 17.4. The number of piperidine rings is 2. The molecule has 3 aromatic rings. The van der Waals surface area contributed by atoms with Gasteiger partial charge in [-0.1, -0.05) is 62.4 Å². The molecular formula is C42H62N8O5. The van der Waals surface area contributed by atoms with Crippen LogP contribution in [-0.4, -0.2) is 108 Å². The van der Waals surface area contributed by atoms with Gasteiger partial charge in [0, 0.05) is 58.6 Å². The number of aliphatic imine (C=N–C) groups is 1. The second kappa shape index (κ2) is 21.2. The van der Waals surface area contributed by atoms with E-state index in [1.807, 2.05) is 24.9 Å². The summed E-state index contributed by atoms with van der Waals surface area (Å²) in [6.07, 6.45) is 12.1. The Hall–Kier alpha value is -4.24. The van der Waals surface area contributed by atoms with E-state index < -0.39 is 6.04 Å². The van der Waals surface area contributed by atoms with Crippen molar-refractivity contribution in [1.82, 2.24) is 25.2 Å². The number of aldehydes is 1. The highest BCUT2D eigenvalue weighted by Gasteiger charge is 2.50. The number of aliphatic hydroxyl groups is 2. The molecule has 0 spiro atoms. The fourth-order valence-electron chi connectivity index (χ4n) is 8.54. The van der Waals surface area contributed by atoms with Gasteiger partial charge in [-0.25, -0.2) is 9.99 Å². The van der Waals surface area contributed by atoms with Crippen LogP contribution < -0.4 is 16.9 Å². The van der Waals surface area contributed by atoms with Crippen molar-refractivity contribution in [3.8, 4) is 22.4 Å². The zero-order valence-electron chi connectivity index (χ0n) is 33.1. The number of nitrogens with two attached hydrogens (primary N) is 2. The average molecular weight is 759 g/mol. The van der Waals surface area contributed by atoms with Gasteiger partial charge in [0.25, 0.3) is 0 Å². The van der Waals surface area contributed by atoms with E-state index in [-0.39, 0.29) is 24.6 Å². The molecule has 3 heterocycles. The molecule has 1 aromatic heterocycles. The number of benzene rings is 2. The number of carbonyl (C=O) groups is 2. The largest absolute Gasteiger partial charge is 0.400 e. The van der Waals surface area contributed by atoms with E-state index in [1.165, 1.54) is 19.3 Å². The number of nitrogens with zero attached hydrogens (tertiary/aromatic N) is 4. The summed E-state index contributed by atoms with van der Waals surface area (Å²) in [7, 11) is 3.57. The van der Waals surface area contributed by atoms with E-state index in [0.29, 0.717) is 36.3 Å². The van der Waals surface area contributed by atoms with Gasteiger partial charge in [-0.2, -0.15) is 0 Å². The van der Waals surface area contributed by atoms with Gasteiger partial charge < -0.3 is 40.7 Å². The number of hydrazine groups is 1. The van der Waals surface area contributed by atoms with Crippen molar-refractivity contribution in [2.45, 2.75) is 89.0 Å². The minimum atomic E-state index is -0.658. The van der Waals surface area contributed by atoms with Crippen LogP contribution in [-0.2, 0) is 14.3 Å². The first-order chi connectivity index (χ1) is 26.7. The van der Waals surface area contributed by atoms with Crippen molar-refractivity contribution >= 4 is 24.6 Å². The molecular weight excluding hydrogens is 697 g/mol. The summed E-state index contributed by atoms with van der Waals surface area (Å²) >= 11 is 0. The highest BCUT2D eigenvalue weighted by molar-refractivity contribution is 5.83. The van der Waals surface area contributed by atoms with Gasteiger partial charge in [-0.05, 0) is 85.2 Å². The Kier molecular flexibility index (Phi) is 16.7. The number of hydrogen-bond acceptors (Lipinski definition) is 11. The van der Waals surface area contributed by atoms with Crippen LogP contribution in [0.3, 0.4) is 0 Å². The molecule has 7 unspecified atom stereocenters. The third-order valence-electron chi connectivity index (χ3n) is 11.2. The predicted octanol–water partition coefficient (Wildman–Crippen LogP) is 4.53. The zero-order valence-corrected chi connectivity index (χ0v) is 33.1. The number of likely N-dealkylation sites (tertiary alicyclic amines) is 1. The maximum Gasteiger partial charge on any atom is 0.242 e. The van der Waals surface area contributed by atoms with Crippen LogP contribution in [0.4, 0.5) is 0 Å². The number of nitrogens with one attached hydrogen (secondary N) is 2. The van der Waals surface area contributed by atoms with Crippen molar-refractivity contribution in [2.24, 2.45) is 34.3 Å². The lowest BCUT2D eigenvalue weighted by molar-refractivity contribution is -0.138. The summed E-state index contributed by atoms with van der Waals surface area (Å²) < 4.78 is 5.16. The number of rotatable bonds is 13. The number of aliphatic hydroxyl groups excluding tert-OH is 2. The van der Waals surface area contributed by atoms with Crippen LogP contribution in [0, 0.1) is 17.8 Å². The van der Waals surface area contributed by atoms with Crippen LogP contribution in [0.15, 0.2) is 65.9 Å². The van der Waals surface area contributed by atoms with Crippen LogP contribution in [0.25, 0.3) is 28.1 Å². The van der Waals surface area contributed by atoms with E-state index in [2.05, 4.69) is 75.6 Å². The number of ether oxygens (including phenoxy) is 1. The molecule has 2 aromatic carbocycles. The molecule has 4 aliphatic rings. The number of aromatic nitrogens is 2. The molecule has 13 nitrogen and oxygen atoms in total. The quantitative estimate of drug-likeness (QED) is 0.0819. The summed E-state index contributed by atoms with van der Waals surface area (Å²) in [5, 5.41) is 19.7. The van der Waals surface area contributed by atoms with E-state index in [1.54, 1.807) is 13.3 Å². The molecule has 7 atom stereocenters. The Morgan fingerprint density at radius 1 is 1.00 bits per heavy atom. The fraction of sp³-hybridized carbons (Fsp3) is 0.524. The molecule has 7 rings (SSSR count). The molecule has 55 heavy (non-hydrogen) atoms. The van der Waals surface area contributed by atoms with Gasteiger partial charge in [-0.3, -0.25) is 15.6 Å². The molecule has 2 aliphatic heterocycles. The molecule has 8 N–H and O–H groups in total. The SMILES string of the molecule is C=N/C=C(\NCC1C2CCC(C2)N1N)c1ccc(-c2ccc(-c3cnc(C4C5CCC(C5)N4C(=O)C(N)COC)[nH]3)cc2)cc1.CC(C)CC=O.CO.CO. The highest BCUT2D eigenvalue weighted by Crippen LogP contribution is 2.50. The van der Waals surface area contributed by atoms with Crippen molar-refractivity contribution in [3.63, 3.8) is 0 Å². The Balaban J connectivity index is 0.000000608. The molecule has 2 saturated carbocycles. The molecule has 2 saturated heterocycles. The monoisotopic (exact) mass is 758 g/mol.